The topological polar surface area (TPSA) is 40.0 Å². The average Bonchev–Trinajstić information content (AvgIpc) is 2.99. The maximum absolute atomic E-state index is 5.90. The van der Waals surface area contributed by atoms with Crippen molar-refractivity contribution in [1.82, 2.24) is 0 Å². The summed E-state index contributed by atoms with van der Waals surface area (Å²) in [6.07, 6.45) is 6.58. The number of nitrogens with zero attached hydrogens (tertiary/aromatic N) is 1. The van der Waals surface area contributed by atoms with E-state index in [1.807, 2.05) is 6.21 Å². The van der Waals surface area contributed by atoms with Gasteiger partial charge in [0.25, 0.3) is 0 Å². The van der Waals surface area contributed by atoms with Gasteiger partial charge in [0, 0.05) is 32.3 Å². The van der Waals surface area contributed by atoms with Gasteiger partial charge >= 0.3 is 0 Å². The quantitative estimate of drug-likeness (QED) is 0.755. The van der Waals surface area contributed by atoms with Gasteiger partial charge in [0.2, 0.25) is 0 Å². The molecule has 0 bridgehead atoms. The van der Waals surface area contributed by atoms with Gasteiger partial charge in [0.15, 0.2) is 11.5 Å². The second-order valence-corrected chi connectivity index (χ2v) is 5.71. The molecule has 0 amide bonds. The van der Waals surface area contributed by atoms with Crippen LogP contribution in [-0.4, -0.2) is 39.7 Å². The van der Waals surface area contributed by atoms with Crippen molar-refractivity contribution in [2.24, 2.45) is 4.99 Å². The van der Waals surface area contributed by atoms with Gasteiger partial charge in [-0.3, -0.25) is 4.99 Å². The molecule has 1 saturated carbocycles. The van der Waals surface area contributed by atoms with Gasteiger partial charge in [-0.25, -0.2) is 0 Å². The number of methoxy groups -OCH3 is 2. The van der Waals surface area contributed by atoms with Crippen LogP contribution in [-0.2, 0) is 4.74 Å². The summed E-state index contributed by atoms with van der Waals surface area (Å²) in [4.78, 5) is 4.69. The Morgan fingerprint density at radius 1 is 1.14 bits per heavy atom. The third-order valence-electron chi connectivity index (χ3n) is 4.40. The van der Waals surface area contributed by atoms with Crippen LogP contribution in [0, 0.1) is 0 Å². The zero-order valence-corrected chi connectivity index (χ0v) is 12.8. The largest absolute Gasteiger partial charge is 0.493 e. The monoisotopic (exact) mass is 289 g/mol. The van der Waals surface area contributed by atoms with E-state index in [9.17, 15) is 0 Å². The summed E-state index contributed by atoms with van der Waals surface area (Å²) in [6.45, 7) is 1.36. The summed E-state index contributed by atoms with van der Waals surface area (Å²) in [5.74, 6) is 2.18. The van der Waals surface area contributed by atoms with Crippen molar-refractivity contribution in [3.63, 3.8) is 0 Å². The van der Waals surface area contributed by atoms with Crippen LogP contribution < -0.4 is 9.47 Å². The van der Waals surface area contributed by atoms with Crippen molar-refractivity contribution < 1.29 is 14.2 Å². The van der Waals surface area contributed by atoms with Gasteiger partial charge in [-0.15, -0.1) is 0 Å². The first-order chi connectivity index (χ1) is 10.3. The molecular formula is C17H23NO3. The lowest BCUT2D eigenvalue weighted by Crippen LogP contribution is -2.17. The molecule has 4 nitrogen and oxygen atoms in total. The molecule has 2 atom stereocenters. The highest BCUT2D eigenvalue weighted by Crippen LogP contribution is 2.43. The van der Waals surface area contributed by atoms with Gasteiger partial charge in [-0.1, -0.05) is 6.42 Å². The zero-order chi connectivity index (χ0) is 14.7. The molecule has 0 radical (unpaired) electrons. The molecule has 1 heterocycles. The first-order valence-electron chi connectivity index (χ1n) is 7.70. The normalized spacial score (nSPS) is 22.8. The van der Waals surface area contributed by atoms with Crippen LogP contribution in [0.15, 0.2) is 17.1 Å². The summed E-state index contributed by atoms with van der Waals surface area (Å²) in [5, 5.41) is 0. The third kappa shape index (κ3) is 2.91. The number of ether oxygens (including phenoxy) is 3. The minimum absolute atomic E-state index is 0.465. The molecule has 3 rings (SSSR count). The van der Waals surface area contributed by atoms with Crippen molar-refractivity contribution in [2.75, 3.05) is 27.4 Å². The van der Waals surface area contributed by atoms with Crippen LogP contribution in [0.1, 0.15) is 42.7 Å². The van der Waals surface area contributed by atoms with E-state index in [-0.39, 0.29) is 0 Å². The van der Waals surface area contributed by atoms with Crippen LogP contribution >= 0.6 is 0 Å². The van der Waals surface area contributed by atoms with Crippen LogP contribution in [0.3, 0.4) is 0 Å². The Labute approximate surface area is 126 Å². The number of hydrogen-bond acceptors (Lipinski definition) is 4. The van der Waals surface area contributed by atoms with E-state index in [1.165, 1.54) is 30.4 Å². The Kier molecular flexibility index (Phi) is 4.44. The Morgan fingerprint density at radius 3 is 2.86 bits per heavy atom. The lowest BCUT2D eigenvalue weighted by Gasteiger charge is -2.24. The molecule has 1 aromatic rings. The molecule has 2 unspecified atom stereocenters. The van der Waals surface area contributed by atoms with E-state index in [4.69, 9.17) is 14.2 Å². The maximum Gasteiger partial charge on any atom is 0.161 e. The molecule has 2 aliphatic rings. The predicted molar refractivity (Wildman–Crippen MR) is 83.0 cm³/mol. The Balaban J connectivity index is 1.83. The second-order valence-electron chi connectivity index (χ2n) is 5.71. The fourth-order valence-electron chi connectivity index (χ4n) is 3.34. The summed E-state index contributed by atoms with van der Waals surface area (Å²) < 4.78 is 16.4. The molecule has 1 aliphatic carbocycles. The smallest absolute Gasteiger partial charge is 0.161 e. The Bertz CT molecular complexity index is 527. The Morgan fingerprint density at radius 2 is 2.05 bits per heavy atom. The molecule has 21 heavy (non-hydrogen) atoms. The van der Waals surface area contributed by atoms with E-state index in [2.05, 4.69) is 17.1 Å². The zero-order valence-electron chi connectivity index (χ0n) is 12.8. The highest BCUT2D eigenvalue weighted by molar-refractivity contribution is 5.85. The molecule has 0 N–H and O–H groups in total. The molecule has 1 fully saturated rings. The molecular weight excluding hydrogens is 266 g/mol. The summed E-state index contributed by atoms with van der Waals surface area (Å²) >= 11 is 0. The average molecular weight is 289 g/mol. The van der Waals surface area contributed by atoms with Crippen molar-refractivity contribution in [1.29, 1.82) is 0 Å². The van der Waals surface area contributed by atoms with Gasteiger partial charge in [0.05, 0.1) is 19.8 Å². The molecule has 0 aromatic heterocycles. The van der Waals surface area contributed by atoms with E-state index in [0.717, 1.165) is 17.9 Å². The first-order valence-corrected chi connectivity index (χ1v) is 7.70. The minimum Gasteiger partial charge on any atom is -0.493 e. The number of fused-ring (bicyclic) bond motifs is 3. The van der Waals surface area contributed by atoms with E-state index < -0.39 is 0 Å². The lowest BCUT2D eigenvalue weighted by atomic mass is 9.88. The van der Waals surface area contributed by atoms with Crippen molar-refractivity contribution in [3.05, 3.63) is 23.3 Å². The van der Waals surface area contributed by atoms with Crippen molar-refractivity contribution in [2.45, 2.75) is 37.6 Å². The third-order valence-corrected chi connectivity index (χ3v) is 4.40. The van der Waals surface area contributed by atoms with Crippen molar-refractivity contribution >= 4 is 6.21 Å². The highest BCUT2D eigenvalue weighted by atomic mass is 16.5. The molecule has 114 valence electrons. The second kappa shape index (κ2) is 6.48. The first kappa shape index (κ1) is 14.4. The van der Waals surface area contributed by atoms with Gasteiger partial charge in [-0.05, 0) is 36.1 Å². The summed E-state index contributed by atoms with van der Waals surface area (Å²) in [6, 6.07) is 4.68. The molecule has 1 aliphatic heterocycles. The predicted octanol–water partition coefficient (Wildman–Crippen LogP) is 3.18. The standard InChI is InChI=1S/C17H23NO3/c1-19-7-4-8-21-17-10-14-12(9-16(17)20-2)11-18-15-6-3-5-13(14)15/h9-11,13,15H,3-8H2,1-2H3. The van der Waals surface area contributed by atoms with E-state index in [0.29, 0.717) is 25.2 Å². The number of rotatable bonds is 6. The fourth-order valence-corrected chi connectivity index (χ4v) is 3.34. The van der Waals surface area contributed by atoms with Gasteiger partial charge < -0.3 is 14.2 Å². The molecule has 4 heteroatoms. The fraction of sp³-hybridized carbons (Fsp3) is 0.588. The summed E-state index contributed by atoms with van der Waals surface area (Å²) in [5.41, 5.74) is 2.55. The SMILES string of the molecule is COCCCOc1cc2c(cc1OC)C=NC1CCCC21. The van der Waals surface area contributed by atoms with Gasteiger partial charge in [-0.2, -0.15) is 0 Å². The van der Waals surface area contributed by atoms with Gasteiger partial charge in [0.1, 0.15) is 0 Å². The highest BCUT2D eigenvalue weighted by Gasteiger charge is 2.32. The molecule has 0 saturated heterocycles. The molecule has 0 spiro atoms. The van der Waals surface area contributed by atoms with Crippen LogP contribution in [0.5, 0.6) is 11.5 Å². The molecule has 1 aromatic carbocycles. The summed E-state index contributed by atoms with van der Waals surface area (Å²) in [7, 11) is 3.39. The van der Waals surface area contributed by atoms with Crippen LogP contribution in [0.2, 0.25) is 0 Å². The minimum atomic E-state index is 0.465. The number of hydrogen-bond donors (Lipinski definition) is 0. The van der Waals surface area contributed by atoms with Crippen LogP contribution in [0.25, 0.3) is 0 Å². The van der Waals surface area contributed by atoms with E-state index in [1.54, 1.807) is 14.2 Å². The number of aliphatic imine (C=N–C) groups is 1. The Hall–Kier alpha value is -1.55. The van der Waals surface area contributed by atoms with Crippen LogP contribution in [0.4, 0.5) is 0 Å². The lowest BCUT2D eigenvalue weighted by molar-refractivity contribution is 0.170. The maximum atomic E-state index is 5.90. The number of benzene rings is 1. The van der Waals surface area contributed by atoms with Crippen molar-refractivity contribution in [3.8, 4) is 11.5 Å². The van der Waals surface area contributed by atoms with E-state index >= 15 is 0 Å².